The van der Waals surface area contributed by atoms with E-state index in [1.165, 1.54) is 6.33 Å². The van der Waals surface area contributed by atoms with Gasteiger partial charge in [-0.1, -0.05) is 13.8 Å². The zero-order chi connectivity index (χ0) is 13.8. The Labute approximate surface area is 112 Å². The summed E-state index contributed by atoms with van der Waals surface area (Å²) in [5.74, 6) is 1.24. The molecule has 5 heteroatoms. The normalized spacial score (nSPS) is 10.9. The van der Waals surface area contributed by atoms with Gasteiger partial charge in [-0.15, -0.1) is 0 Å². The highest BCUT2D eigenvalue weighted by Gasteiger charge is 2.14. The molecule has 0 saturated heterocycles. The van der Waals surface area contributed by atoms with Crippen LogP contribution in [0.4, 0.5) is 0 Å². The molecular formula is C14H18N4O. The van der Waals surface area contributed by atoms with Crippen LogP contribution >= 0.6 is 0 Å². The third-order valence-corrected chi connectivity index (χ3v) is 2.87. The van der Waals surface area contributed by atoms with Gasteiger partial charge in [-0.3, -0.25) is 9.78 Å². The third kappa shape index (κ3) is 3.24. The van der Waals surface area contributed by atoms with Crippen LogP contribution in [0.15, 0.2) is 24.8 Å². The number of hydrogen-bond acceptors (Lipinski definition) is 4. The lowest BCUT2D eigenvalue weighted by Crippen LogP contribution is -2.14. The van der Waals surface area contributed by atoms with E-state index < -0.39 is 0 Å². The predicted octanol–water partition coefficient (Wildman–Crippen LogP) is 2.06. The molecule has 0 aromatic carbocycles. The average molecular weight is 258 g/mol. The molecule has 0 spiro atoms. The molecule has 19 heavy (non-hydrogen) atoms. The molecule has 0 fully saturated rings. The molecule has 2 aromatic heterocycles. The Bertz CT molecular complexity index is 574. The van der Waals surface area contributed by atoms with E-state index >= 15 is 0 Å². The summed E-state index contributed by atoms with van der Waals surface area (Å²) in [4.78, 5) is 20.4. The Morgan fingerprint density at radius 2 is 2.21 bits per heavy atom. The third-order valence-electron chi connectivity index (χ3n) is 2.87. The van der Waals surface area contributed by atoms with E-state index in [9.17, 15) is 4.79 Å². The van der Waals surface area contributed by atoms with E-state index in [1.807, 2.05) is 6.92 Å². The molecule has 100 valence electrons. The summed E-state index contributed by atoms with van der Waals surface area (Å²) in [5, 5.41) is 4.17. The van der Waals surface area contributed by atoms with Gasteiger partial charge in [0.2, 0.25) is 0 Å². The maximum absolute atomic E-state index is 12.3. The first-order valence-electron chi connectivity index (χ1n) is 6.38. The van der Waals surface area contributed by atoms with Gasteiger partial charge in [0.1, 0.15) is 12.2 Å². The van der Waals surface area contributed by atoms with E-state index in [4.69, 9.17) is 0 Å². The molecule has 0 aliphatic rings. The summed E-state index contributed by atoms with van der Waals surface area (Å²) in [6.07, 6.45) is 5.12. The van der Waals surface area contributed by atoms with Crippen molar-refractivity contribution in [3.63, 3.8) is 0 Å². The van der Waals surface area contributed by atoms with Gasteiger partial charge in [0, 0.05) is 24.5 Å². The van der Waals surface area contributed by atoms with Crippen LogP contribution in [0.5, 0.6) is 0 Å². The zero-order valence-corrected chi connectivity index (χ0v) is 11.5. The van der Waals surface area contributed by atoms with Crippen molar-refractivity contribution >= 4 is 5.78 Å². The first-order chi connectivity index (χ1) is 9.08. The first-order valence-corrected chi connectivity index (χ1v) is 6.38. The van der Waals surface area contributed by atoms with Gasteiger partial charge in [-0.25, -0.2) is 9.67 Å². The molecular weight excluding hydrogens is 240 g/mol. The lowest BCUT2D eigenvalue weighted by Gasteiger charge is -2.08. The second kappa shape index (κ2) is 5.73. The van der Waals surface area contributed by atoms with Crippen molar-refractivity contribution in [2.24, 2.45) is 5.92 Å². The Balaban J connectivity index is 2.16. The van der Waals surface area contributed by atoms with Gasteiger partial charge in [0.05, 0.1) is 6.42 Å². The maximum Gasteiger partial charge on any atom is 0.170 e. The quantitative estimate of drug-likeness (QED) is 0.770. The van der Waals surface area contributed by atoms with Crippen LogP contribution in [0.3, 0.4) is 0 Å². The molecule has 0 radical (unpaired) electrons. The molecule has 0 unspecified atom stereocenters. The molecule has 0 aliphatic carbocycles. The van der Waals surface area contributed by atoms with Crippen LogP contribution in [0.1, 0.15) is 35.6 Å². The van der Waals surface area contributed by atoms with Crippen molar-refractivity contribution in [3.05, 3.63) is 41.7 Å². The number of ketones is 1. The molecule has 0 N–H and O–H groups in total. The fourth-order valence-corrected chi connectivity index (χ4v) is 1.95. The number of rotatable bonds is 5. The minimum Gasteiger partial charge on any atom is -0.294 e. The zero-order valence-electron chi connectivity index (χ0n) is 11.5. The van der Waals surface area contributed by atoms with E-state index in [0.29, 0.717) is 11.5 Å². The topological polar surface area (TPSA) is 60.7 Å². The molecule has 0 saturated carbocycles. The summed E-state index contributed by atoms with van der Waals surface area (Å²) < 4.78 is 1.80. The number of aryl methyl sites for hydroxylation is 1. The summed E-state index contributed by atoms with van der Waals surface area (Å²) in [6.45, 7) is 6.89. The van der Waals surface area contributed by atoms with Crippen molar-refractivity contribution in [3.8, 4) is 0 Å². The van der Waals surface area contributed by atoms with E-state index in [0.717, 1.165) is 17.9 Å². The fourth-order valence-electron chi connectivity index (χ4n) is 1.95. The van der Waals surface area contributed by atoms with Gasteiger partial charge in [-0.05, 0) is 24.5 Å². The number of hydrogen-bond donors (Lipinski definition) is 0. The Hall–Kier alpha value is -2.04. The second-order valence-electron chi connectivity index (χ2n) is 5.04. The average Bonchev–Trinajstić information content (AvgIpc) is 2.76. The van der Waals surface area contributed by atoms with Crippen molar-refractivity contribution in [2.45, 2.75) is 33.7 Å². The molecule has 0 atom stereocenters. The van der Waals surface area contributed by atoms with Gasteiger partial charge in [-0.2, -0.15) is 5.10 Å². The van der Waals surface area contributed by atoms with Gasteiger partial charge in [0.15, 0.2) is 5.78 Å². The largest absolute Gasteiger partial charge is 0.294 e. The second-order valence-corrected chi connectivity index (χ2v) is 5.04. The lowest BCUT2D eigenvalue weighted by molar-refractivity contribution is 0.0988. The van der Waals surface area contributed by atoms with Gasteiger partial charge in [0.25, 0.3) is 0 Å². The Kier molecular flexibility index (Phi) is 4.04. The van der Waals surface area contributed by atoms with Crippen LogP contribution in [0.25, 0.3) is 0 Å². The smallest absolute Gasteiger partial charge is 0.170 e. The highest BCUT2D eigenvalue weighted by Crippen LogP contribution is 2.10. The van der Waals surface area contributed by atoms with Crippen molar-refractivity contribution in [2.75, 3.05) is 0 Å². The lowest BCUT2D eigenvalue weighted by atomic mass is 10.0. The van der Waals surface area contributed by atoms with Crippen LogP contribution in [-0.4, -0.2) is 25.5 Å². The molecule has 2 rings (SSSR count). The highest BCUT2D eigenvalue weighted by molar-refractivity contribution is 5.98. The Morgan fingerprint density at radius 3 is 2.89 bits per heavy atom. The minimum atomic E-state index is 0.0536. The monoisotopic (exact) mass is 258 g/mol. The number of pyridine rings is 1. The molecule has 2 aromatic rings. The first kappa shape index (κ1) is 13.4. The summed E-state index contributed by atoms with van der Waals surface area (Å²) in [6, 6.07) is 1.75. The summed E-state index contributed by atoms with van der Waals surface area (Å²) in [7, 11) is 0. The molecule has 2 heterocycles. The van der Waals surface area contributed by atoms with Crippen LogP contribution in [0.2, 0.25) is 0 Å². The Morgan fingerprint density at radius 1 is 1.42 bits per heavy atom. The van der Waals surface area contributed by atoms with E-state index in [1.54, 1.807) is 23.1 Å². The highest BCUT2D eigenvalue weighted by atomic mass is 16.1. The number of nitrogens with zero attached hydrogens (tertiary/aromatic N) is 4. The molecule has 0 bridgehead atoms. The van der Waals surface area contributed by atoms with Gasteiger partial charge >= 0.3 is 0 Å². The standard InChI is InChI=1S/C14H18N4O/c1-10(2)8-18-14(16-9-17-18)6-13(19)12-4-5-15-7-11(12)3/h4-5,7,9-10H,6,8H2,1-3H3. The molecule has 0 amide bonds. The van der Waals surface area contributed by atoms with Gasteiger partial charge < -0.3 is 0 Å². The fraction of sp³-hybridized carbons (Fsp3) is 0.429. The van der Waals surface area contributed by atoms with Crippen LogP contribution < -0.4 is 0 Å². The number of carbonyl (C=O) groups excluding carboxylic acids is 1. The molecule has 0 aliphatic heterocycles. The minimum absolute atomic E-state index is 0.0536. The van der Waals surface area contributed by atoms with E-state index in [-0.39, 0.29) is 12.2 Å². The van der Waals surface area contributed by atoms with E-state index in [2.05, 4.69) is 28.9 Å². The maximum atomic E-state index is 12.3. The summed E-state index contributed by atoms with van der Waals surface area (Å²) in [5.41, 5.74) is 1.59. The SMILES string of the molecule is Cc1cnccc1C(=O)Cc1ncnn1CC(C)C. The number of Topliss-reactive ketones (excluding diaryl/α,β-unsaturated/α-hetero) is 1. The van der Waals surface area contributed by atoms with Crippen LogP contribution in [0, 0.1) is 12.8 Å². The summed E-state index contributed by atoms with van der Waals surface area (Å²) >= 11 is 0. The molecule has 5 nitrogen and oxygen atoms in total. The number of carbonyl (C=O) groups is 1. The van der Waals surface area contributed by atoms with Crippen molar-refractivity contribution in [1.82, 2.24) is 19.7 Å². The van der Waals surface area contributed by atoms with Crippen molar-refractivity contribution < 1.29 is 4.79 Å². The number of aromatic nitrogens is 4. The van der Waals surface area contributed by atoms with Crippen LogP contribution in [-0.2, 0) is 13.0 Å². The predicted molar refractivity (Wildman–Crippen MR) is 71.9 cm³/mol. The van der Waals surface area contributed by atoms with Crippen molar-refractivity contribution in [1.29, 1.82) is 0 Å².